The molecule has 3 nitrogen and oxygen atoms in total. The van der Waals surface area contributed by atoms with Crippen LogP contribution in [0.4, 0.5) is 0 Å². The molecule has 1 aliphatic carbocycles. The Kier molecular flexibility index (Phi) is 2.39. The molecule has 1 aromatic rings. The maximum absolute atomic E-state index is 9.78. The Morgan fingerprint density at radius 3 is 2.93 bits per heavy atom. The lowest BCUT2D eigenvalue weighted by Crippen LogP contribution is -2.37. The molecule has 0 unspecified atom stereocenters. The van der Waals surface area contributed by atoms with Crippen LogP contribution in [0.3, 0.4) is 0 Å². The fraction of sp³-hybridized carbons (Fsp3) is 0.300. The number of hydrogen-bond donors (Lipinski definition) is 3. The van der Waals surface area contributed by atoms with E-state index in [1.165, 1.54) is 0 Å². The largest absolute Gasteiger partial charge is 0.390 e. The molecule has 2 rings (SSSR count). The van der Waals surface area contributed by atoms with Crippen LogP contribution in [0.2, 0.25) is 0 Å². The Morgan fingerprint density at radius 1 is 1.50 bits per heavy atom. The van der Waals surface area contributed by atoms with Gasteiger partial charge >= 0.3 is 0 Å². The molecule has 1 aromatic carbocycles. The molecule has 0 saturated carbocycles. The van der Waals surface area contributed by atoms with Crippen molar-refractivity contribution in [3.05, 3.63) is 35.4 Å². The number of benzene rings is 1. The second-order valence-corrected chi connectivity index (χ2v) is 3.90. The van der Waals surface area contributed by atoms with Crippen LogP contribution in [0.1, 0.15) is 17.2 Å². The molecular formula is C10H12N2OS. The average molecular weight is 208 g/mol. The Balaban J connectivity index is 2.30. The molecule has 0 radical (unpaired) electrons. The molecule has 74 valence electrons. The Morgan fingerprint density at radius 2 is 2.21 bits per heavy atom. The number of fused-ring (bicyclic) bond motifs is 1. The third-order valence-electron chi connectivity index (χ3n) is 2.50. The SMILES string of the molecule is NC(=S)N[C@@H]1c2ccccc2C[C@@H]1O. The Hall–Kier alpha value is -1.13. The summed E-state index contributed by atoms with van der Waals surface area (Å²) in [5.74, 6) is 0. The van der Waals surface area contributed by atoms with E-state index >= 15 is 0 Å². The van der Waals surface area contributed by atoms with Gasteiger partial charge in [-0.15, -0.1) is 0 Å². The van der Waals surface area contributed by atoms with Crippen molar-refractivity contribution >= 4 is 17.3 Å². The summed E-state index contributed by atoms with van der Waals surface area (Å²) < 4.78 is 0. The molecule has 4 heteroatoms. The molecule has 0 heterocycles. The number of thiocarbonyl (C=S) groups is 1. The van der Waals surface area contributed by atoms with Crippen molar-refractivity contribution in [2.75, 3.05) is 0 Å². The lowest BCUT2D eigenvalue weighted by Gasteiger charge is -2.17. The van der Waals surface area contributed by atoms with Crippen molar-refractivity contribution < 1.29 is 5.11 Å². The standard InChI is InChI=1S/C10H12N2OS/c11-10(14)12-9-7-4-2-1-3-6(7)5-8(9)13/h1-4,8-9,13H,5H2,(H3,11,12,14)/t8-,9+/m0/s1. The first-order valence-corrected chi connectivity index (χ1v) is 4.91. The van der Waals surface area contributed by atoms with Crippen LogP contribution < -0.4 is 11.1 Å². The zero-order chi connectivity index (χ0) is 10.1. The number of aliphatic hydroxyl groups excluding tert-OH is 1. The van der Waals surface area contributed by atoms with E-state index < -0.39 is 6.10 Å². The average Bonchev–Trinajstić information content (AvgIpc) is 2.43. The van der Waals surface area contributed by atoms with E-state index in [2.05, 4.69) is 5.32 Å². The maximum Gasteiger partial charge on any atom is 0.164 e. The van der Waals surface area contributed by atoms with Crippen molar-refractivity contribution in [2.45, 2.75) is 18.6 Å². The van der Waals surface area contributed by atoms with Crippen LogP contribution in [0.25, 0.3) is 0 Å². The minimum atomic E-state index is -0.436. The summed E-state index contributed by atoms with van der Waals surface area (Å²) in [5.41, 5.74) is 7.65. The van der Waals surface area contributed by atoms with Gasteiger partial charge in [0.25, 0.3) is 0 Å². The van der Waals surface area contributed by atoms with Crippen molar-refractivity contribution in [2.24, 2.45) is 5.73 Å². The number of nitrogens with one attached hydrogen (secondary N) is 1. The number of nitrogens with two attached hydrogens (primary N) is 1. The van der Waals surface area contributed by atoms with E-state index in [9.17, 15) is 5.11 Å². The minimum absolute atomic E-state index is 0.149. The predicted molar refractivity (Wildman–Crippen MR) is 58.8 cm³/mol. The highest BCUT2D eigenvalue weighted by atomic mass is 32.1. The molecule has 14 heavy (non-hydrogen) atoms. The number of rotatable bonds is 1. The van der Waals surface area contributed by atoms with E-state index in [4.69, 9.17) is 18.0 Å². The zero-order valence-electron chi connectivity index (χ0n) is 7.60. The summed E-state index contributed by atoms with van der Waals surface area (Å²) in [6, 6.07) is 7.77. The van der Waals surface area contributed by atoms with Gasteiger partial charge in [-0.1, -0.05) is 24.3 Å². The Labute approximate surface area is 87.9 Å². The van der Waals surface area contributed by atoms with Crippen LogP contribution >= 0.6 is 12.2 Å². The van der Waals surface area contributed by atoms with Crippen molar-refractivity contribution in [1.29, 1.82) is 0 Å². The molecule has 0 saturated heterocycles. The van der Waals surface area contributed by atoms with Gasteiger partial charge < -0.3 is 16.2 Å². The van der Waals surface area contributed by atoms with Gasteiger partial charge in [-0.25, -0.2) is 0 Å². The molecule has 2 atom stereocenters. The van der Waals surface area contributed by atoms with Crippen LogP contribution in [0.15, 0.2) is 24.3 Å². The Bertz CT molecular complexity index is 367. The quantitative estimate of drug-likeness (QED) is 0.587. The minimum Gasteiger partial charge on any atom is -0.390 e. The summed E-state index contributed by atoms with van der Waals surface area (Å²) in [4.78, 5) is 0. The summed E-state index contributed by atoms with van der Waals surface area (Å²) in [5, 5.41) is 12.9. The van der Waals surface area contributed by atoms with Gasteiger partial charge in [0, 0.05) is 6.42 Å². The van der Waals surface area contributed by atoms with Gasteiger partial charge in [0.2, 0.25) is 0 Å². The molecule has 0 bridgehead atoms. The first-order chi connectivity index (χ1) is 6.68. The molecular weight excluding hydrogens is 196 g/mol. The van der Waals surface area contributed by atoms with Crippen LogP contribution in [0.5, 0.6) is 0 Å². The summed E-state index contributed by atoms with van der Waals surface area (Å²) in [6.07, 6.45) is 0.227. The first-order valence-electron chi connectivity index (χ1n) is 4.50. The first kappa shape index (κ1) is 9.43. The topological polar surface area (TPSA) is 58.3 Å². The molecule has 1 aliphatic rings. The van der Waals surface area contributed by atoms with Gasteiger partial charge in [0.1, 0.15) is 0 Å². The lowest BCUT2D eigenvalue weighted by atomic mass is 10.1. The number of aliphatic hydroxyl groups is 1. The third kappa shape index (κ3) is 1.58. The fourth-order valence-corrected chi connectivity index (χ4v) is 2.03. The van der Waals surface area contributed by atoms with E-state index in [1.54, 1.807) is 0 Å². The molecule has 4 N–H and O–H groups in total. The monoisotopic (exact) mass is 208 g/mol. The number of hydrogen-bond acceptors (Lipinski definition) is 2. The van der Waals surface area contributed by atoms with Crippen LogP contribution in [-0.4, -0.2) is 16.3 Å². The second kappa shape index (κ2) is 3.55. The van der Waals surface area contributed by atoms with E-state index in [-0.39, 0.29) is 11.2 Å². The molecule has 0 aliphatic heterocycles. The predicted octanol–water partition coefficient (Wildman–Crippen LogP) is 0.478. The zero-order valence-corrected chi connectivity index (χ0v) is 8.42. The highest BCUT2D eigenvalue weighted by molar-refractivity contribution is 7.80. The van der Waals surface area contributed by atoms with Crippen molar-refractivity contribution in [3.8, 4) is 0 Å². The van der Waals surface area contributed by atoms with E-state index in [0.29, 0.717) is 6.42 Å². The molecule has 0 fully saturated rings. The van der Waals surface area contributed by atoms with Crippen molar-refractivity contribution in [3.63, 3.8) is 0 Å². The lowest BCUT2D eigenvalue weighted by molar-refractivity contribution is 0.150. The van der Waals surface area contributed by atoms with E-state index in [0.717, 1.165) is 11.1 Å². The highest BCUT2D eigenvalue weighted by Gasteiger charge is 2.30. The van der Waals surface area contributed by atoms with Gasteiger partial charge in [-0.3, -0.25) is 0 Å². The second-order valence-electron chi connectivity index (χ2n) is 3.46. The smallest absolute Gasteiger partial charge is 0.164 e. The van der Waals surface area contributed by atoms with Gasteiger partial charge in [-0.05, 0) is 23.3 Å². The summed E-state index contributed by atoms with van der Waals surface area (Å²) >= 11 is 4.77. The summed E-state index contributed by atoms with van der Waals surface area (Å²) in [7, 11) is 0. The maximum atomic E-state index is 9.78. The molecule has 0 spiro atoms. The fourth-order valence-electron chi connectivity index (χ4n) is 1.90. The normalized spacial score (nSPS) is 24.4. The highest BCUT2D eigenvalue weighted by Crippen LogP contribution is 2.30. The van der Waals surface area contributed by atoms with Crippen molar-refractivity contribution in [1.82, 2.24) is 5.32 Å². The van der Waals surface area contributed by atoms with Gasteiger partial charge in [0.15, 0.2) is 5.11 Å². The van der Waals surface area contributed by atoms with Gasteiger partial charge in [-0.2, -0.15) is 0 Å². The summed E-state index contributed by atoms with van der Waals surface area (Å²) in [6.45, 7) is 0. The van der Waals surface area contributed by atoms with Crippen LogP contribution in [-0.2, 0) is 6.42 Å². The molecule has 0 aromatic heterocycles. The third-order valence-corrected chi connectivity index (χ3v) is 2.62. The van der Waals surface area contributed by atoms with E-state index in [1.807, 2.05) is 24.3 Å². The van der Waals surface area contributed by atoms with Crippen LogP contribution in [0, 0.1) is 0 Å². The van der Waals surface area contributed by atoms with Gasteiger partial charge in [0.05, 0.1) is 12.1 Å². The molecule has 0 amide bonds.